The minimum Gasteiger partial charge on any atom is -0.496 e. The van der Waals surface area contributed by atoms with Gasteiger partial charge in [0, 0.05) is 16.7 Å². The molecule has 104 valence electrons. The van der Waals surface area contributed by atoms with E-state index in [4.69, 9.17) is 4.74 Å². The molecule has 0 heterocycles. The minimum atomic E-state index is -1.06. The van der Waals surface area contributed by atoms with E-state index >= 15 is 0 Å². The molecule has 3 heteroatoms. The van der Waals surface area contributed by atoms with Crippen molar-refractivity contribution in [1.82, 2.24) is 0 Å². The Kier molecular flexibility index (Phi) is 2.37. The summed E-state index contributed by atoms with van der Waals surface area (Å²) in [5, 5.41) is 0. The van der Waals surface area contributed by atoms with Crippen LogP contribution in [0.3, 0.4) is 0 Å². The number of carbonyl (C=O) groups excluding carboxylic acids is 2. The van der Waals surface area contributed by atoms with Crippen molar-refractivity contribution in [2.45, 2.75) is 18.3 Å². The summed E-state index contributed by atoms with van der Waals surface area (Å²) in [6.07, 6.45) is 1.27. The zero-order valence-corrected chi connectivity index (χ0v) is 11.7. The van der Waals surface area contributed by atoms with Crippen molar-refractivity contribution in [3.8, 4) is 5.75 Å². The average Bonchev–Trinajstić information content (AvgIpc) is 3.02. The van der Waals surface area contributed by atoms with Crippen molar-refractivity contribution in [3.63, 3.8) is 0 Å². The van der Waals surface area contributed by atoms with Gasteiger partial charge < -0.3 is 4.74 Å². The lowest BCUT2D eigenvalue weighted by Gasteiger charge is -2.23. The first-order valence-electron chi connectivity index (χ1n) is 7.05. The van der Waals surface area contributed by atoms with Gasteiger partial charge in [-0.2, -0.15) is 0 Å². The van der Waals surface area contributed by atoms with Crippen LogP contribution in [0.1, 0.15) is 38.3 Å². The summed E-state index contributed by atoms with van der Waals surface area (Å²) in [6.45, 7) is 0. The summed E-state index contributed by atoms with van der Waals surface area (Å²) in [6, 6.07) is 12.8. The number of rotatable bonds is 1. The minimum absolute atomic E-state index is 0.0775. The SMILES string of the molecule is COc1cccc2c1C1(CC2)C(=O)c2ccccc2C1=O. The van der Waals surface area contributed by atoms with Crippen molar-refractivity contribution in [2.75, 3.05) is 7.11 Å². The Morgan fingerprint density at radius 3 is 2.24 bits per heavy atom. The van der Waals surface area contributed by atoms with Crippen LogP contribution >= 0.6 is 0 Å². The van der Waals surface area contributed by atoms with Gasteiger partial charge in [-0.15, -0.1) is 0 Å². The van der Waals surface area contributed by atoms with Gasteiger partial charge >= 0.3 is 0 Å². The van der Waals surface area contributed by atoms with E-state index in [0.717, 1.165) is 17.5 Å². The van der Waals surface area contributed by atoms with Gasteiger partial charge in [-0.05, 0) is 24.5 Å². The number of ether oxygens (including phenoxy) is 1. The molecule has 21 heavy (non-hydrogen) atoms. The van der Waals surface area contributed by atoms with Crippen LogP contribution in [0.4, 0.5) is 0 Å². The van der Waals surface area contributed by atoms with Crippen molar-refractivity contribution in [1.29, 1.82) is 0 Å². The number of aryl methyl sites for hydroxylation is 1. The van der Waals surface area contributed by atoms with Crippen LogP contribution < -0.4 is 4.74 Å². The van der Waals surface area contributed by atoms with Crippen LogP contribution in [-0.2, 0) is 11.8 Å². The van der Waals surface area contributed by atoms with Gasteiger partial charge in [-0.25, -0.2) is 0 Å². The Bertz CT molecular complexity index is 754. The molecule has 0 atom stereocenters. The molecule has 0 fully saturated rings. The standard InChI is InChI=1S/C18H14O3/c1-21-14-8-4-5-11-9-10-18(15(11)14)16(19)12-6-2-3-7-13(12)17(18)20/h2-8H,9-10H2,1H3. The third-order valence-corrected chi connectivity index (χ3v) is 4.72. The van der Waals surface area contributed by atoms with Crippen LogP contribution in [0.5, 0.6) is 5.75 Å². The molecule has 2 aromatic carbocycles. The van der Waals surface area contributed by atoms with E-state index < -0.39 is 5.41 Å². The quantitative estimate of drug-likeness (QED) is 0.753. The maximum Gasteiger partial charge on any atom is 0.182 e. The first-order valence-corrected chi connectivity index (χ1v) is 7.05. The molecule has 0 aromatic heterocycles. The molecule has 0 bridgehead atoms. The number of hydrogen-bond donors (Lipinski definition) is 0. The summed E-state index contributed by atoms with van der Waals surface area (Å²) in [5.41, 5.74) is 1.84. The third kappa shape index (κ3) is 1.33. The summed E-state index contributed by atoms with van der Waals surface area (Å²) in [7, 11) is 1.58. The largest absolute Gasteiger partial charge is 0.496 e. The number of carbonyl (C=O) groups is 2. The lowest BCUT2D eigenvalue weighted by Crippen LogP contribution is -2.36. The second kappa shape index (κ2) is 4.04. The number of methoxy groups -OCH3 is 1. The predicted molar refractivity (Wildman–Crippen MR) is 78.1 cm³/mol. The van der Waals surface area contributed by atoms with E-state index in [9.17, 15) is 9.59 Å². The number of fused-ring (bicyclic) bond motifs is 3. The number of ketones is 2. The predicted octanol–water partition coefficient (Wildman–Crippen LogP) is 2.96. The van der Waals surface area contributed by atoms with Crippen LogP contribution in [0, 0.1) is 0 Å². The first-order chi connectivity index (χ1) is 10.2. The van der Waals surface area contributed by atoms with E-state index in [0.29, 0.717) is 23.3 Å². The van der Waals surface area contributed by atoms with Gasteiger partial charge in [-0.1, -0.05) is 36.4 Å². The van der Waals surface area contributed by atoms with Gasteiger partial charge in [-0.3, -0.25) is 9.59 Å². The summed E-state index contributed by atoms with van der Waals surface area (Å²) in [4.78, 5) is 26.0. The molecule has 2 aliphatic rings. The van der Waals surface area contributed by atoms with Gasteiger partial charge in [0.05, 0.1) is 7.11 Å². The molecule has 0 amide bonds. The molecule has 3 nitrogen and oxygen atoms in total. The van der Waals surface area contributed by atoms with E-state index in [2.05, 4.69) is 0 Å². The molecule has 1 spiro atoms. The number of benzene rings is 2. The Morgan fingerprint density at radius 1 is 0.952 bits per heavy atom. The first kappa shape index (κ1) is 12.3. The van der Waals surface area contributed by atoms with Crippen molar-refractivity contribution in [2.24, 2.45) is 0 Å². The normalized spacial score (nSPS) is 18.0. The molecule has 0 unspecified atom stereocenters. The Labute approximate surface area is 122 Å². The summed E-state index contributed by atoms with van der Waals surface area (Å²) >= 11 is 0. The monoisotopic (exact) mass is 278 g/mol. The maximum atomic E-state index is 13.0. The van der Waals surface area contributed by atoms with Gasteiger partial charge in [0.25, 0.3) is 0 Å². The second-order valence-electron chi connectivity index (χ2n) is 5.60. The van der Waals surface area contributed by atoms with E-state index in [1.807, 2.05) is 18.2 Å². The van der Waals surface area contributed by atoms with Gasteiger partial charge in [0.15, 0.2) is 11.6 Å². The highest BCUT2D eigenvalue weighted by Gasteiger charge is 2.58. The Hall–Kier alpha value is -2.42. The number of hydrogen-bond acceptors (Lipinski definition) is 3. The molecule has 4 rings (SSSR count). The van der Waals surface area contributed by atoms with Gasteiger partial charge in [0.1, 0.15) is 11.2 Å². The molecular formula is C18H14O3. The fourth-order valence-electron chi connectivity index (χ4n) is 3.78. The molecule has 2 aliphatic carbocycles. The Balaban J connectivity index is 2.02. The van der Waals surface area contributed by atoms with E-state index in [1.165, 1.54) is 0 Å². The van der Waals surface area contributed by atoms with Crippen molar-refractivity contribution in [3.05, 3.63) is 64.7 Å². The zero-order valence-electron chi connectivity index (χ0n) is 11.7. The molecule has 0 radical (unpaired) electrons. The molecule has 0 aliphatic heterocycles. The summed E-state index contributed by atoms with van der Waals surface area (Å²) < 4.78 is 5.43. The van der Waals surface area contributed by atoms with Gasteiger partial charge in [0.2, 0.25) is 0 Å². The zero-order chi connectivity index (χ0) is 14.6. The van der Waals surface area contributed by atoms with E-state index in [-0.39, 0.29) is 11.6 Å². The van der Waals surface area contributed by atoms with Crippen LogP contribution in [0.15, 0.2) is 42.5 Å². The third-order valence-electron chi connectivity index (χ3n) is 4.72. The molecular weight excluding hydrogens is 264 g/mol. The van der Waals surface area contributed by atoms with E-state index in [1.54, 1.807) is 31.4 Å². The highest BCUT2D eigenvalue weighted by molar-refractivity contribution is 6.33. The second-order valence-corrected chi connectivity index (χ2v) is 5.60. The average molecular weight is 278 g/mol. The van der Waals surface area contributed by atoms with Crippen molar-refractivity contribution < 1.29 is 14.3 Å². The molecule has 0 N–H and O–H groups in total. The Morgan fingerprint density at radius 2 is 1.62 bits per heavy atom. The molecule has 0 saturated carbocycles. The fraction of sp³-hybridized carbons (Fsp3) is 0.222. The molecule has 2 aromatic rings. The highest BCUT2D eigenvalue weighted by Crippen LogP contribution is 2.51. The molecule has 0 saturated heterocycles. The number of Topliss-reactive ketones (excluding diaryl/α,β-unsaturated/α-hetero) is 2. The van der Waals surface area contributed by atoms with Crippen molar-refractivity contribution >= 4 is 11.6 Å². The summed E-state index contributed by atoms with van der Waals surface area (Å²) in [5.74, 6) is 0.484. The maximum absolute atomic E-state index is 13.0. The fourth-order valence-corrected chi connectivity index (χ4v) is 3.78. The lowest BCUT2D eigenvalue weighted by molar-refractivity contribution is 0.0792. The van der Waals surface area contributed by atoms with Crippen LogP contribution in [0.25, 0.3) is 0 Å². The van der Waals surface area contributed by atoms with Crippen LogP contribution in [0.2, 0.25) is 0 Å². The lowest BCUT2D eigenvalue weighted by atomic mass is 9.77. The smallest absolute Gasteiger partial charge is 0.182 e. The topological polar surface area (TPSA) is 43.4 Å². The van der Waals surface area contributed by atoms with Crippen LogP contribution in [-0.4, -0.2) is 18.7 Å². The highest BCUT2D eigenvalue weighted by atomic mass is 16.5.